The van der Waals surface area contributed by atoms with Crippen molar-refractivity contribution < 1.29 is 5.11 Å². The lowest BCUT2D eigenvalue weighted by Gasteiger charge is -2.32. The molecule has 3 heteroatoms. The van der Waals surface area contributed by atoms with Crippen LogP contribution >= 0.6 is 11.6 Å². The lowest BCUT2D eigenvalue weighted by atomic mass is 9.85. The molecule has 21 heavy (non-hydrogen) atoms. The Kier molecular flexibility index (Phi) is 7.44. The van der Waals surface area contributed by atoms with Gasteiger partial charge >= 0.3 is 0 Å². The van der Waals surface area contributed by atoms with Crippen molar-refractivity contribution in [1.29, 1.82) is 0 Å². The quantitative estimate of drug-likeness (QED) is 0.722. The number of halogens is 1. The number of nitrogens with zero attached hydrogens (tertiary/aromatic N) is 1. The summed E-state index contributed by atoms with van der Waals surface area (Å²) in [4.78, 5) is 2.30. The van der Waals surface area contributed by atoms with Crippen LogP contribution in [-0.2, 0) is 0 Å². The molecule has 0 unspecified atom stereocenters. The summed E-state index contributed by atoms with van der Waals surface area (Å²) in [6.45, 7) is 14.7. The van der Waals surface area contributed by atoms with E-state index < -0.39 is 0 Å². The second-order valence-electron chi connectivity index (χ2n) is 6.15. The minimum atomic E-state index is 0.180. The summed E-state index contributed by atoms with van der Waals surface area (Å²) in [5, 5.41) is 10.0. The lowest BCUT2D eigenvalue weighted by Crippen LogP contribution is -2.37. The van der Waals surface area contributed by atoms with Gasteiger partial charge in [-0.05, 0) is 37.5 Å². The Balaban J connectivity index is 3.02. The van der Waals surface area contributed by atoms with Crippen molar-refractivity contribution in [2.24, 2.45) is 5.92 Å². The fourth-order valence-corrected chi connectivity index (χ4v) is 2.58. The molecule has 0 aliphatic heterocycles. The predicted molar refractivity (Wildman–Crippen MR) is 92.0 cm³/mol. The highest BCUT2D eigenvalue weighted by Gasteiger charge is 2.22. The molecule has 0 heterocycles. The Morgan fingerprint density at radius 3 is 2.19 bits per heavy atom. The van der Waals surface area contributed by atoms with Crippen LogP contribution in [0, 0.1) is 5.92 Å². The molecular formula is C18H28ClNO. The Bertz CT molecular complexity index is 439. The maximum atomic E-state index is 9.27. The van der Waals surface area contributed by atoms with Crippen LogP contribution in [-0.4, -0.2) is 35.7 Å². The number of hydrogen-bond acceptors (Lipinski definition) is 2. The largest absolute Gasteiger partial charge is 0.395 e. The molecule has 118 valence electrons. The normalized spacial score (nSPS) is 13.2. The van der Waals surface area contributed by atoms with E-state index in [2.05, 4.69) is 51.3 Å². The van der Waals surface area contributed by atoms with E-state index in [-0.39, 0.29) is 12.5 Å². The fraction of sp³-hybridized carbons (Fsp3) is 0.556. The molecule has 0 saturated heterocycles. The molecule has 0 saturated carbocycles. The zero-order chi connectivity index (χ0) is 16.0. The molecule has 1 N–H and O–H groups in total. The summed E-state index contributed by atoms with van der Waals surface area (Å²) in [5.74, 6) is 0.685. The number of aliphatic hydroxyl groups is 1. The van der Waals surface area contributed by atoms with Gasteiger partial charge in [0.05, 0.1) is 6.61 Å². The van der Waals surface area contributed by atoms with Crippen LogP contribution in [0.4, 0.5) is 0 Å². The average Bonchev–Trinajstić information content (AvgIpc) is 2.43. The minimum Gasteiger partial charge on any atom is -0.395 e. The van der Waals surface area contributed by atoms with Gasteiger partial charge in [-0.2, -0.15) is 0 Å². The van der Waals surface area contributed by atoms with Crippen LogP contribution in [0.2, 0.25) is 5.02 Å². The molecule has 0 spiro atoms. The number of hydrogen-bond donors (Lipinski definition) is 1. The second-order valence-corrected chi connectivity index (χ2v) is 6.58. The lowest BCUT2D eigenvalue weighted by molar-refractivity contribution is 0.160. The van der Waals surface area contributed by atoms with E-state index in [1.54, 1.807) is 0 Å². The number of benzene rings is 1. The fourth-order valence-electron chi connectivity index (χ4n) is 2.46. The van der Waals surface area contributed by atoms with Crippen molar-refractivity contribution in [2.75, 3.05) is 19.7 Å². The SMILES string of the molecule is C=C(C(C)C)[C@H](CN(CCO)C(C)C)c1ccc(Cl)cc1. The number of aliphatic hydroxyl groups excluding tert-OH is 1. The molecule has 0 fully saturated rings. The zero-order valence-corrected chi connectivity index (χ0v) is 14.4. The first kappa shape index (κ1) is 18.2. The maximum absolute atomic E-state index is 9.27. The van der Waals surface area contributed by atoms with Gasteiger partial charge in [0.25, 0.3) is 0 Å². The maximum Gasteiger partial charge on any atom is 0.0558 e. The number of rotatable bonds is 8. The zero-order valence-electron chi connectivity index (χ0n) is 13.6. The van der Waals surface area contributed by atoms with Gasteiger partial charge in [-0.1, -0.05) is 49.7 Å². The Labute approximate surface area is 134 Å². The van der Waals surface area contributed by atoms with Gasteiger partial charge in [0.2, 0.25) is 0 Å². The molecule has 0 aliphatic rings. The first-order valence-corrected chi connectivity index (χ1v) is 8.03. The molecule has 1 rings (SSSR count). The molecule has 0 bridgehead atoms. The van der Waals surface area contributed by atoms with Crippen LogP contribution in [0.5, 0.6) is 0 Å². The second kappa shape index (κ2) is 8.57. The van der Waals surface area contributed by atoms with E-state index in [1.165, 1.54) is 11.1 Å². The predicted octanol–water partition coefficient (Wildman–Crippen LogP) is 4.34. The van der Waals surface area contributed by atoms with E-state index in [9.17, 15) is 5.11 Å². The first-order chi connectivity index (χ1) is 9.86. The molecular weight excluding hydrogens is 282 g/mol. The Morgan fingerprint density at radius 1 is 1.19 bits per heavy atom. The van der Waals surface area contributed by atoms with Gasteiger partial charge in [0, 0.05) is 30.1 Å². The van der Waals surface area contributed by atoms with Crippen molar-refractivity contribution in [3.8, 4) is 0 Å². The monoisotopic (exact) mass is 309 g/mol. The molecule has 0 aromatic heterocycles. The third kappa shape index (κ3) is 5.46. The van der Waals surface area contributed by atoms with Crippen molar-refractivity contribution in [2.45, 2.75) is 39.7 Å². The third-order valence-electron chi connectivity index (χ3n) is 4.00. The highest BCUT2D eigenvalue weighted by Crippen LogP contribution is 2.30. The molecule has 0 radical (unpaired) electrons. The van der Waals surface area contributed by atoms with Gasteiger partial charge < -0.3 is 5.11 Å². The summed E-state index contributed by atoms with van der Waals surface area (Å²) < 4.78 is 0. The minimum absolute atomic E-state index is 0.180. The van der Waals surface area contributed by atoms with Gasteiger partial charge in [-0.15, -0.1) is 0 Å². The van der Waals surface area contributed by atoms with Crippen LogP contribution in [0.25, 0.3) is 0 Å². The van der Waals surface area contributed by atoms with E-state index in [1.807, 2.05) is 12.1 Å². The smallest absolute Gasteiger partial charge is 0.0558 e. The van der Waals surface area contributed by atoms with Crippen molar-refractivity contribution in [1.82, 2.24) is 4.90 Å². The van der Waals surface area contributed by atoms with E-state index in [0.29, 0.717) is 18.5 Å². The molecule has 0 aliphatic carbocycles. The summed E-state index contributed by atoms with van der Waals surface area (Å²) >= 11 is 6.00. The average molecular weight is 310 g/mol. The van der Waals surface area contributed by atoms with Crippen LogP contribution in [0.15, 0.2) is 36.4 Å². The van der Waals surface area contributed by atoms with Gasteiger partial charge in [0.1, 0.15) is 0 Å². The van der Waals surface area contributed by atoms with Crippen molar-refractivity contribution in [3.63, 3.8) is 0 Å². The molecule has 1 aromatic carbocycles. The summed E-state index contributed by atoms with van der Waals surface area (Å²) in [5.41, 5.74) is 2.46. The molecule has 1 aromatic rings. The highest BCUT2D eigenvalue weighted by atomic mass is 35.5. The standard InChI is InChI=1S/C18H28ClNO/c1-13(2)15(5)18(12-20(10-11-21)14(3)4)16-6-8-17(19)9-7-16/h6-9,13-14,18,21H,5,10-12H2,1-4H3/t18-/m0/s1. The summed E-state index contributed by atoms with van der Waals surface area (Å²) in [6.07, 6.45) is 0. The Hall–Kier alpha value is -0.830. The third-order valence-corrected chi connectivity index (χ3v) is 4.25. The van der Waals surface area contributed by atoms with E-state index >= 15 is 0 Å². The Morgan fingerprint density at radius 2 is 1.76 bits per heavy atom. The molecule has 0 amide bonds. The van der Waals surface area contributed by atoms with Crippen molar-refractivity contribution >= 4 is 11.6 Å². The van der Waals surface area contributed by atoms with Gasteiger partial charge in [-0.3, -0.25) is 4.90 Å². The van der Waals surface area contributed by atoms with Crippen LogP contribution in [0.1, 0.15) is 39.2 Å². The van der Waals surface area contributed by atoms with E-state index in [0.717, 1.165) is 11.6 Å². The topological polar surface area (TPSA) is 23.5 Å². The van der Waals surface area contributed by atoms with Crippen LogP contribution < -0.4 is 0 Å². The van der Waals surface area contributed by atoms with E-state index in [4.69, 9.17) is 11.6 Å². The van der Waals surface area contributed by atoms with Crippen LogP contribution in [0.3, 0.4) is 0 Å². The highest BCUT2D eigenvalue weighted by molar-refractivity contribution is 6.30. The first-order valence-electron chi connectivity index (χ1n) is 7.65. The summed E-state index contributed by atoms with van der Waals surface area (Å²) in [7, 11) is 0. The molecule has 2 nitrogen and oxygen atoms in total. The van der Waals surface area contributed by atoms with Crippen molar-refractivity contribution in [3.05, 3.63) is 47.0 Å². The van der Waals surface area contributed by atoms with Gasteiger partial charge in [0.15, 0.2) is 0 Å². The van der Waals surface area contributed by atoms with Gasteiger partial charge in [-0.25, -0.2) is 0 Å². The molecule has 1 atom stereocenters. The summed E-state index contributed by atoms with van der Waals surface area (Å²) in [6, 6.07) is 8.43.